The van der Waals surface area contributed by atoms with Crippen LogP contribution in [-0.2, 0) is 7.05 Å². The molecule has 0 N–H and O–H groups in total. The molecule has 0 saturated carbocycles. The number of hydrogen-bond donors (Lipinski definition) is 0. The van der Waals surface area contributed by atoms with Crippen LogP contribution in [0.4, 0.5) is 8.78 Å². The molecule has 5 nitrogen and oxygen atoms in total. The summed E-state index contributed by atoms with van der Waals surface area (Å²) in [5.41, 5.74) is -0.309. The van der Waals surface area contributed by atoms with Gasteiger partial charge in [-0.05, 0) is 0 Å². The van der Waals surface area contributed by atoms with Gasteiger partial charge in [0.1, 0.15) is 11.5 Å². The lowest BCUT2D eigenvalue weighted by atomic mass is 10.2. The van der Waals surface area contributed by atoms with E-state index >= 15 is 0 Å². The van der Waals surface area contributed by atoms with Crippen molar-refractivity contribution in [1.82, 2.24) is 24.5 Å². The number of alkyl halides is 2. The summed E-state index contributed by atoms with van der Waals surface area (Å²) in [6.45, 7) is 3.91. The van der Waals surface area contributed by atoms with E-state index in [4.69, 9.17) is 0 Å². The molecular weight excluding hydrogens is 228 g/mol. The molecule has 0 aliphatic heterocycles. The molecule has 2 heterocycles. The minimum Gasteiger partial charge on any atom is -0.298 e. The summed E-state index contributed by atoms with van der Waals surface area (Å²) in [4.78, 5) is 0. The Hall–Kier alpha value is -1.79. The molecule has 0 atom stereocenters. The Morgan fingerprint density at radius 2 is 2.00 bits per heavy atom. The Balaban J connectivity index is 2.50. The van der Waals surface area contributed by atoms with E-state index in [1.807, 2.05) is 13.8 Å². The summed E-state index contributed by atoms with van der Waals surface area (Å²) in [6, 6.07) is 2.39. The van der Waals surface area contributed by atoms with Crippen molar-refractivity contribution in [1.29, 1.82) is 0 Å². The molecule has 0 unspecified atom stereocenters. The van der Waals surface area contributed by atoms with Crippen LogP contribution >= 0.6 is 0 Å². The molecule has 0 aliphatic carbocycles. The van der Waals surface area contributed by atoms with Gasteiger partial charge in [-0.15, -0.1) is 10.2 Å². The lowest BCUT2D eigenvalue weighted by Gasteiger charge is -2.07. The fourth-order valence-corrected chi connectivity index (χ4v) is 1.61. The normalized spacial score (nSPS) is 11.7. The van der Waals surface area contributed by atoms with Crippen LogP contribution in [0.25, 0.3) is 5.95 Å². The molecule has 1 radical (unpaired) electrons. The van der Waals surface area contributed by atoms with Gasteiger partial charge in [-0.1, -0.05) is 13.8 Å². The molecule has 0 bridgehead atoms. The minimum absolute atomic E-state index is 0.163. The van der Waals surface area contributed by atoms with Crippen molar-refractivity contribution in [3.8, 4) is 5.95 Å². The van der Waals surface area contributed by atoms with Crippen LogP contribution in [-0.4, -0.2) is 24.5 Å². The molecule has 2 aromatic rings. The molecule has 2 rings (SSSR count). The van der Waals surface area contributed by atoms with Crippen LogP contribution in [0.5, 0.6) is 0 Å². The first-order valence-corrected chi connectivity index (χ1v) is 5.15. The van der Waals surface area contributed by atoms with Gasteiger partial charge in [-0.3, -0.25) is 4.57 Å². The number of hydrogen-bond acceptors (Lipinski definition) is 3. The quantitative estimate of drug-likeness (QED) is 0.822. The van der Waals surface area contributed by atoms with E-state index in [1.165, 1.54) is 6.20 Å². The minimum atomic E-state index is -2.64. The van der Waals surface area contributed by atoms with Gasteiger partial charge in [0, 0.05) is 19.0 Å². The van der Waals surface area contributed by atoms with Crippen molar-refractivity contribution in [3.63, 3.8) is 0 Å². The lowest BCUT2D eigenvalue weighted by Crippen LogP contribution is -2.10. The molecule has 91 valence electrons. The molecule has 7 heteroatoms. The number of nitrogens with zero attached hydrogens (tertiary/aromatic N) is 5. The fraction of sp³-hybridized carbons (Fsp3) is 0.500. The second kappa shape index (κ2) is 4.23. The van der Waals surface area contributed by atoms with Crippen molar-refractivity contribution in [2.75, 3.05) is 0 Å². The smallest absolute Gasteiger partial charge is 0.281 e. The largest absolute Gasteiger partial charge is 0.298 e. The molecule has 0 fully saturated rings. The van der Waals surface area contributed by atoms with Gasteiger partial charge in [-0.2, -0.15) is 9.78 Å². The van der Waals surface area contributed by atoms with Crippen LogP contribution in [0, 0.1) is 6.07 Å². The summed E-state index contributed by atoms with van der Waals surface area (Å²) >= 11 is 0. The number of halogens is 2. The van der Waals surface area contributed by atoms with Crippen molar-refractivity contribution in [3.05, 3.63) is 23.8 Å². The molecule has 0 spiro atoms. The summed E-state index contributed by atoms with van der Waals surface area (Å²) < 4.78 is 28.1. The first-order chi connectivity index (χ1) is 8.02. The highest BCUT2D eigenvalue weighted by Crippen LogP contribution is 2.21. The summed E-state index contributed by atoms with van der Waals surface area (Å²) in [5, 5.41) is 11.6. The van der Waals surface area contributed by atoms with Gasteiger partial charge >= 0.3 is 0 Å². The predicted molar refractivity (Wildman–Crippen MR) is 56.0 cm³/mol. The molecule has 0 saturated heterocycles. The van der Waals surface area contributed by atoms with E-state index < -0.39 is 6.43 Å². The monoisotopic (exact) mass is 240 g/mol. The predicted octanol–water partition coefficient (Wildman–Crippen LogP) is 1.86. The van der Waals surface area contributed by atoms with Crippen LogP contribution in [0.1, 0.15) is 37.7 Å². The molecule has 0 aromatic carbocycles. The van der Waals surface area contributed by atoms with Crippen molar-refractivity contribution < 1.29 is 8.78 Å². The number of rotatable bonds is 3. The molecule has 0 aliphatic rings. The van der Waals surface area contributed by atoms with E-state index in [0.29, 0.717) is 0 Å². The maximum atomic E-state index is 12.7. The third-order valence-corrected chi connectivity index (χ3v) is 2.41. The molecule has 17 heavy (non-hydrogen) atoms. The molecule has 2 aromatic heterocycles. The van der Waals surface area contributed by atoms with E-state index in [2.05, 4.69) is 21.4 Å². The van der Waals surface area contributed by atoms with Crippen LogP contribution in [0.3, 0.4) is 0 Å². The second-order valence-corrected chi connectivity index (χ2v) is 3.96. The fourth-order valence-electron chi connectivity index (χ4n) is 1.61. The summed E-state index contributed by atoms with van der Waals surface area (Å²) in [7, 11) is 1.72. The average Bonchev–Trinajstić information content (AvgIpc) is 2.82. The third kappa shape index (κ3) is 1.92. The maximum absolute atomic E-state index is 12.7. The van der Waals surface area contributed by atoms with Crippen molar-refractivity contribution in [2.24, 2.45) is 7.05 Å². The Labute approximate surface area is 97.1 Å². The second-order valence-electron chi connectivity index (χ2n) is 3.96. The number of aromatic nitrogens is 5. The lowest BCUT2D eigenvalue weighted by molar-refractivity contribution is 0.142. The van der Waals surface area contributed by atoms with Gasteiger partial charge in [0.05, 0.1) is 6.20 Å². The Morgan fingerprint density at radius 3 is 2.53 bits per heavy atom. The first-order valence-electron chi connectivity index (χ1n) is 5.15. The van der Waals surface area contributed by atoms with Gasteiger partial charge in [0.15, 0.2) is 0 Å². The maximum Gasteiger partial charge on any atom is 0.281 e. The van der Waals surface area contributed by atoms with Gasteiger partial charge in [0.25, 0.3) is 12.4 Å². The third-order valence-electron chi connectivity index (χ3n) is 2.41. The highest BCUT2D eigenvalue weighted by molar-refractivity contribution is 5.18. The van der Waals surface area contributed by atoms with Gasteiger partial charge in [-0.25, -0.2) is 8.78 Å². The van der Waals surface area contributed by atoms with Crippen LogP contribution < -0.4 is 0 Å². The Morgan fingerprint density at radius 1 is 1.29 bits per heavy atom. The Kier molecular flexibility index (Phi) is 2.91. The van der Waals surface area contributed by atoms with E-state index in [0.717, 1.165) is 10.5 Å². The highest BCUT2D eigenvalue weighted by atomic mass is 19.3. The first kappa shape index (κ1) is 11.7. The van der Waals surface area contributed by atoms with Crippen molar-refractivity contribution >= 4 is 0 Å². The van der Waals surface area contributed by atoms with Crippen LogP contribution in [0.15, 0.2) is 6.20 Å². The zero-order valence-electron chi connectivity index (χ0n) is 9.72. The van der Waals surface area contributed by atoms with E-state index in [1.54, 1.807) is 11.6 Å². The zero-order valence-corrected chi connectivity index (χ0v) is 9.72. The SMILES string of the molecule is CC(C)c1nnc(-n2nc[c]c2C(F)F)n1C. The topological polar surface area (TPSA) is 48.5 Å². The summed E-state index contributed by atoms with van der Waals surface area (Å²) in [6.07, 6.45) is -1.44. The van der Waals surface area contributed by atoms with Gasteiger partial charge < -0.3 is 0 Å². The molecule has 0 amide bonds. The summed E-state index contributed by atoms with van der Waals surface area (Å²) in [5.74, 6) is 1.15. The van der Waals surface area contributed by atoms with Crippen molar-refractivity contribution in [2.45, 2.75) is 26.2 Å². The van der Waals surface area contributed by atoms with E-state index in [9.17, 15) is 8.78 Å². The Bertz CT molecular complexity index is 514. The van der Waals surface area contributed by atoms with Gasteiger partial charge in [0.2, 0.25) is 0 Å². The zero-order chi connectivity index (χ0) is 12.6. The standard InChI is InChI=1S/C10H12F2N5/c1-6(2)9-14-15-10(16(9)3)17-7(8(11)12)4-5-13-17/h5-6,8H,1-3H3. The molecular formula is C10H12F2N5. The van der Waals surface area contributed by atoms with E-state index in [-0.39, 0.29) is 17.6 Å². The average molecular weight is 240 g/mol. The van der Waals surface area contributed by atoms with Crippen LogP contribution in [0.2, 0.25) is 0 Å². The highest BCUT2D eigenvalue weighted by Gasteiger charge is 2.20.